The Kier molecular flexibility index (Phi) is 5.30. The third-order valence-electron chi connectivity index (χ3n) is 2.47. The zero-order valence-corrected chi connectivity index (χ0v) is 8.88. The number of carbonyl (C=O) groups is 1. The summed E-state index contributed by atoms with van der Waals surface area (Å²) in [4.78, 5) is 11.6. The van der Waals surface area contributed by atoms with Gasteiger partial charge in [-0.15, -0.1) is 0 Å². The SMILES string of the molecule is C/C=C/CCNC(=O)[C@H]1CCCCN1. The van der Waals surface area contributed by atoms with E-state index in [4.69, 9.17) is 0 Å². The molecule has 80 valence electrons. The first-order chi connectivity index (χ1) is 6.84. The molecule has 3 heteroatoms. The first kappa shape index (κ1) is 11.2. The molecule has 1 amide bonds. The minimum Gasteiger partial charge on any atom is -0.354 e. The lowest BCUT2D eigenvalue weighted by atomic mass is 10.0. The average Bonchev–Trinajstić information content (AvgIpc) is 2.25. The summed E-state index contributed by atoms with van der Waals surface area (Å²) in [6.07, 6.45) is 8.34. The lowest BCUT2D eigenvalue weighted by molar-refractivity contribution is -0.123. The maximum atomic E-state index is 11.6. The highest BCUT2D eigenvalue weighted by Crippen LogP contribution is 2.06. The molecule has 14 heavy (non-hydrogen) atoms. The predicted octanol–water partition coefficient (Wildman–Crippen LogP) is 1.21. The Morgan fingerprint density at radius 3 is 3.07 bits per heavy atom. The van der Waals surface area contributed by atoms with Crippen molar-refractivity contribution in [2.75, 3.05) is 13.1 Å². The topological polar surface area (TPSA) is 41.1 Å². The molecule has 1 fully saturated rings. The lowest BCUT2D eigenvalue weighted by Gasteiger charge is -2.22. The normalized spacial score (nSPS) is 22.5. The molecule has 1 aliphatic heterocycles. The zero-order valence-electron chi connectivity index (χ0n) is 8.88. The van der Waals surface area contributed by atoms with Crippen LogP contribution in [0.5, 0.6) is 0 Å². The van der Waals surface area contributed by atoms with Crippen molar-refractivity contribution in [3.05, 3.63) is 12.2 Å². The number of hydrogen-bond acceptors (Lipinski definition) is 2. The van der Waals surface area contributed by atoms with Crippen LogP contribution >= 0.6 is 0 Å². The third kappa shape index (κ3) is 3.92. The zero-order chi connectivity index (χ0) is 10.2. The van der Waals surface area contributed by atoms with E-state index in [0.717, 1.165) is 25.9 Å². The van der Waals surface area contributed by atoms with Crippen LogP contribution in [0.25, 0.3) is 0 Å². The molecular formula is C11H20N2O. The van der Waals surface area contributed by atoms with Crippen molar-refractivity contribution in [2.24, 2.45) is 0 Å². The van der Waals surface area contributed by atoms with Crippen LogP contribution in [0, 0.1) is 0 Å². The van der Waals surface area contributed by atoms with E-state index >= 15 is 0 Å². The average molecular weight is 196 g/mol. The second-order valence-electron chi connectivity index (χ2n) is 3.65. The molecule has 1 rings (SSSR count). The molecule has 3 nitrogen and oxygen atoms in total. The smallest absolute Gasteiger partial charge is 0.237 e. The second-order valence-corrected chi connectivity index (χ2v) is 3.65. The van der Waals surface area contributed by atoms with Crippen LogP contribution in [-0.2, 0) is 4.79 Å². The summed E-state index contributed by atoms with van der Waals surface area (Å²) >= 11 is 0. The molecular weight excluding hydrogens is 176 g/mol. The van der Waals surface area contributed by atoms with Crippen molar-refractivity contribution in [3.8, 4) is 0 Å². The van der Waals surface area contributed by atoms with Gasteiger partial charge in [0.05, 0.1) is 6.04 Å². The number of amides is 1. The maximum absolute atomic E-state index is 11.6. The number of rotatable bonds is 4. The summed E-state index contributed by atoms with van der Waals surface area (Å²) in [5.41, 5.74) is 0. The van der Waals surface area contributed by atoms with Crippen LogP contribution in [0.15, 0.2) is 12.2 Å². The van der Waals surface area contributed by atoms with E-state index in [2.05, 4.69) is 16.7 Å². The van der Waals surface area contributed by atoms with Crippen LogP contribution in [-0.4, -0.2) is 25.0 Å². The van der Waals surface area contributed by atoms with Crippen LogP contribution < -0.4 is 10.6 Å². The molecule has 0 radical (unpaired) electrons. The van der Waals surface area contributed by atoms with Crippen molar-refractivity contribution in [3.63, 3.8) is 0 Å². The summed E-state index contributed by atoms with van der Waals surface area (Å²) in [6.45, 7) is 3.72. The van der Waals surface area contributed by atoms with Crippen LogP contribution in [0.4, 0.5) is 0 Å². The summed E-state index contributed by atoms with van der Waals surface area (Å²) in [5, 5.41) is 6.16. The van der Waals surface area contributed by atoms with E-state index in [1.807, 2.05) is 13.0 Å². The van der Waals surface area contributed by atoms with Gasteiger partial charge in [0.1, 0.15) is 0 Å². The third-order valence-corrected chi connectivity index (χ3v) is 2.47. The van der Waals surface area contributed by atoms with Gasteiger partial charge in [-0.2, -0.15) is 0 Å². The molecule has 0 saturated carbocycles. The van der Waals surface area contributed by atoms with Gasteiger partial charge in [0.25, 0.3) is 0 Å². The number of carbonyl (C=O) groups excluding carboxylic acids is 1. The number of piperidine rings is 1. The Labute approximate surface area is 86.0 Å². The Morgan fingerprint density at radius 2 is 2.43 bits per heavy atom. The molecule has 0 aromatic carbocycles. The molecule has 1 aliphatic rings. The molecule has 1 saturated heterocycles. The summed E-state index contributed by atoms with van der Waals surface area (Å²) < 4.78 is 0. The minimum atomic E-state index is 0.0503. The van der Waals surface area contributed by atoms with E-state index in [9.17, 15) is 4.79 Å². The molecule has 1 heterocycles. The van der Waals surface area contributed by atoms with Gasteiger partial charge >= 0.3 is 0 Å². The molecule has 2 N–H and O–H groups in total. The highest BCUT2D eigenvalue weighted by Gasteiger charge is 2.19. The van der Waals surface area contributed by atoms with E-state index in [1.54, 1.807) is 0 Å². The van der Waals surface area contributed by atoms with Crippen LogP contribution in [0.2, 0.25) is 0 Å². The standard InChI is InChI=1S/C11H20N2O/c1-2-3-5-9-13-11(14)10-7-4-6-8-12-10/h2-3,10,12H,4-9H2,1H3,(H,13,14)/b3-2+/t10-/m1/s1. The van der Waals surface area contributed by atoms with Gasteiger partial charge in [0, 0.05) is 6.54 Å². The Bertz CT molecular complexity index is 195. The summed E-state index contributed by atoms with van der Waals surface area (Å²) in [7, 11) is 0. The molecule has 0 aromatic rings. The fraction of sp³-hybridized carbons (Fsp3) is 0.727. The van der Waals surface area contributed by atoms with E-state index < -0.39 is 0 Å². The monoisotopic (exact) mass is 196 g/mol. The predicted molar refractivity (Wildman–Crippen MR) is 58.1 cm³/mol. The maximum Gasteiger partial charge on any atom is 0.237 e. The molecule has 0 aliphatic carbocycles. The van der Waals surface area contributed by atoms with Gasteiger partial charge in [-0.3, -0.25) is 4.79 Å². The van der Waals surface area contributed by atoms with Gasteiger partial charge in [-0.05, 0) is 32.7 Å². The Balaban J connectivity index is 2.13. The molecule has 0 aromatic heterocycles. The fourth-order valence-corrected chi connectivity index (χ4v) is 1.64. The highest BCUT2D eigenvalue weighted by molar-refractivity contribution is 5.81. The van der Waals surface area contributed by atoms with Gasteiger partial charge in [0.2, 0.25) is 5.91 Å². The first-order valence-electron chi connectivity index (χ1n) is 5.47. The minimum absolute atomic E-state index is 0.0503. The van der Waals surface area contributed by atoms with Gasteiger partial charge in [-0.1, -0.05) is 18.6 Å². The van der Waals surface area contributed by atoms with Gasteiger partial charge < -0.3 is 10.6 Å². The van der Waals surface area contributed by atoms with Gasteiger partial charge in [-0.25, -0.2) is 0 Å². The summed E-state index contributed by atoms with van der Waals surface area (Å²) in [5.74, 6) is 0.161. The fourth-order valence-electron chi connectivity index (χ4n) is 1.64. The number of hydrogen-bond donors (Lipinski definition) is 2. The Morgan fingerprint density at radius 1 is 1.57 bits per heavy atom. The van der Waals surface area contributed by atoms with Crippen molar-refractivity contribution >= 4 is 5.91 Å². The Hall–Kier alpha value is -0.830. The van der Waals surface area contributed by atoms with E-state index in [1.165, 1.54) is 12.8 Å². The molecule has 0 spiro atoms. The quantitative estimate of drug-likeness (QED) is 0.524. The first-order valence-corrected chi connectivity index (χ1v) is 5.47. The van der Waals surface area contributed by atoms with Crippen molar-refractivity contribution in [1.29, 1.82) is 0 Å². The highest BCUT2D eigenvalue weighted by atomic mass is 16.2. The summed E-state index contributed by atoms with van der Waals surface area (Å²) in [6, 6.07) is 0.0503. The van der Waals surface area contributed by atoms with Crippen molar-refractivity contribution < 1.29 is 4.79 Å². The van der Waals surface area contributed by atoms with E-state index in [-0.39, 0.29) is 11.9 Å². The van der Waals surface area contributed by atoms with E-state index in [0.29, 0.717) is 0 Å². The largest absolute Gasteiger partial charge is 0.354 e. The van der Waals surface area contributed by atoms with Crippen molar-refractivity contribution in [1.82, 2.24) is 10.6 Å². The lowest BCUT2D eigenvalue weighted by Crippen LogP contribution is -2.46. The molecule has 0 unspecified atom stereocenters. The van der Waals surface area contributed by atoms with Gasteiger partial charge in [0.15, 0.2) is 0 Å². The van der Waals surface area contributed by atoms with Crippen LogP contribution in [0.1, 0.15) is 32.6 Å². The second kappa shape index (κ2) is 6.60. The number of nitrogens with one attached hydrogen (secondary N) is 2. The van der Waals surface area contributed by atoms with Crippen molar-refractivity contribution in [2.45, 2.75) is 38.6 Å². The molecule has 0 bridgehead atoms. The number of allylic oxidation sites excluding steroid dienone is 1. The molecule has 1 atom stereocenters. The van der Waals surface area contributed by atoms with Crippen LogP contribution in [0.3, 0.4) is 0 Å².